The summed E-state index contributed by atoms with van der Waals surface area (Å²) in [5, 5.41) is 5.70. The number of nitrogens with zero attached hydrogens (tertiary/aromatic N) is 1. The number of hydrogen-bond donors (Lipinski definition) is 1. The Bertz CT molecular complexity index is 757. The lowest BCUT2D eigenvalue weighted by Crippen LogP contribution is -2.26. The number of amides is 1. The van der Waals surface area contributed by atoms with Gasteiger partial charge in [0.25, 0.3) is 0 Å². The van der Waals surface area contributed by atoms with E-state index in [0.717, 1.165) is 17.1 Å². The fraction of sp³-hybridized carbons (Fsp3) is 0.111. The third-order valence-electron chi connectivity index (χ3n) is 3.17. The summed E-state index contributed by atoms with van der Waals surface area (Å²) in [5.41, 5.74) is 2.07. The maximum Gasteiger partial charge on any atom is 0.412 e. The molecule has 0 atom stereocenters. The molecular formula is C18H16N2O2S. The van der Waals surface area contributed by atoms with Gasteiger partial charge in [-0.05, 0) is 17.7 Å². The van der Waals surface area contributed by atoms with E-state index < -0.39 is 6.09 Å². The predicted octanol–water partition coefficient (Wildman–Crippen LogP) is 4.02. The molecule has 0 spiro atoms. The first kappa shape index (κ1) is 15.2. The van der Waals surface area contributed by atoms with E-state index in [4.69, 9.17) is 4.74 Å². The molecule has 0 saturated heterocycles. The van der Waals surface area contributed by atoms with Gasteiger partial charge in [0, 0.05) is 11.8 Å². The van der Waals surface area contributed by atoms with Crippen LogP contribution in [0.4, 0.5) is 4.79 Å². The van der Waals surface area contributed by atoms with Crippen LogP contribution in [0.25, 0.3) is 0 Å². The van der Waals surface area contributed by atoms with Crippen LogP contribution in [0.5, 0.6) is 5.75 Å². The molecule has 116 valence electrons. The molecule has 0 unspecified atom stereocenters. The third kappa shape index (κ3) is 4.66. The van der Waals surface area contributed by atoms with E-state index in [-0.39, 0.29) is 0 Å². The Morgan fingerprint density at radius 3 is 2.48 bits per heavy atom. The molecule has 0 aliphatic heterocycles. The SMILES string of the molecule is O=C(NCc1csc(Cc2ccccc2)n1)Oc1ccccc1. The molecule has 5 heteroatoms. The molecule has 1 amide bonds. The van der Waals surface area contributed by atoms with Gasteiger partial charge in [0.1, 0.15) is 5.75 Å². The average Bonchev–Trinajstić information content (AvgIpc) is 3.02. The van der Waals surface area contributed by atoms with Crippen LogP contribution in [0, 0.1) is 0 Å². The van der Waals surface area contributed by atoms with Crippen molar-refractivity contribution in [3.63, 3.8) is 0 Å². The van der Waals surface area contributed by atoms with Crippen LogP contribution in [-0.4, -0.2) is 11.1 Å². The topological polar surface area (TPSA) is 51.2 Å². The minimum Gasteiger partial charge on any atom is -0.410 e. The van der Waals surface area contributed by atoms with Crippen LogP contribution in [0.2, 0.25) is 0 Å². The number of aromatic nitrogens is 1. The van der Waals surface area contributed by atoms with Crippen molar-refractivity contribution in [1.82, 2.24) is 10.3 Å². The van der Waals surface area contributed by atoms with Crippen molar-refractivity contribution < 1.29 is 9.53 Å². The van der Waals surface area contributed by atoms with Gasteiger partial charge in [0.05, 0.1) is 17.2 Å². The molecule has 2 aromatic carbocycles. The Hall–Kier alpha value is -2.66. The van der Waals surface area contributed by atoms with Gasteiger partial charge in [0.15, 0.2) is 0 Å². The van der Waals surface area contributed by atoms with Gasteiger partial charge in [-0.2, -0.15) is 0 Å². The number of ether oxygens (including phenoxy) is 1. The summed E-state index contributed by atoms with van der Waals surface area (Å²) in [4.78, 5) is 16.3. The van der Waals surface area contributed by atoms with Gasteiger partial charge in [0.2, 0.25) is 0 Å². The molecule has 0 radical (unpaired) electrons. The monoisotopic (exact) mass is 324 g/mol. The Morgan fingerprint density at radius 1 is 1.04 bits per heavy atom. The highest BCUT2D eigenvalue weighted by atomic mass is 32.1. The zero-order valence-electron chi connectivity index (χ0n) is 12.4. The van der Waals surface area contributed by atoms with E-state index in [1.165, 1.54) is 5.56 Å². The Kier molecular flexibility index (Phi) is 5.01. The van der Waals surface area contributed by atoms with Crippen molar-refractivity contribution >= 4 is 17.4 Å². The molecule has 23 heavy (non-hydrogen) atoms. The van der Waals surface area contributed by atoms with Crippen molar-refractivity contribution in [2.45, 2.75) is 13.0 Å². The lowest BCUT2D eigenvalue weighted by atomic mass is 10.2. The Balaban J connectivity index is 1.50. The lowest BCUT2D eigenvalue weighted by molar-refractivity contribution is 0.200. The van der Waals surface area contributed by atoms with E-state index in [2.05, 4.69) is 22.4 Å². The van der Waals surface area contributed by atoms with Gasteiger partial charge in [-0.15, -0.1) is 11.3 Å². The van der Waals surface area contributed by atoms with E-state index >= 15 is 0 Å². The number of hydrogen-bond acceptors (Lipinski definition) is 4. The van der Waals surface area contributed by atoms with Crippen LogP contribution in [0.3, 0.4) is 0 Å². The van der Waals surface area contributed by atoms with E-state index in [1.807, 2.05) is 41.8 Å². The Labute approximate surface area is 138 Å². The van der Waals surface area contributed by atoms with E-state index in [1.54, 1.807) is 23.5 Å². The summed E-state index contributed by atoms with van der Waals surface area (Å²) in [5.74, 6) is 0.521. The second-order valence-electron chi connectivity index (χ2n) is 4.95. The molecule has 4 nitrogen and oxygen atoms in total. The Morgan fingerprint density at radius 2 is 1.74 bits per heavy atom. The summed E-state index contributed by atoms with van der Waals surface area (Å²) in [6.07, 6.45) is 0.328. The minimum atomic E-state index is -0.478. The van der Waals surface area contributed by atoms with Gasteiger partial charge in [-0.3, -0.25) is 0 Å². The highest BCUT2D eigenvalue weighted by Crippen LogP contribution is 2.15. The highest BCUT2D eigenvalue weighted by molar-refractivity contribution is 7.09. The van der Waals surface area contributed by atoms with Crippen molar-refractivity contribution in [1.29, 1.82) is 0 Å². The first-order valence-corrected chi connectivity index (χ1v) is 8.15. The first-order chi connectivity index (χ1) is 11.3. The molecule has 1 aromatic heterocycles. The normalized spacial score (nSPS) is 10.3. The lowest BCUT2D eigenvalue weighted by Gasteiger charge is -2.04. The summed E-state index contributed by atoms with van der Waals surface area (Å²) < 4.78 is 5.16. The second-order valence-corrected chi connectivity index (χ2v) is 5.89. The summed E-state index contributed by atoms with van der Waals surface area (Å²) >= 11 is 1.60. The molecule has 0 saturated carbocycles. The summed E-state index contributed by atoms with van der Waals surface area (Å²) in [6, 6.07) is 19.2. The van der Waals surface area contributed by atoms with Crippen molar-refractivity contribution in [3.05, 3.63) is 82.3 Å². The molecule has 3 rings (SSSR count). The van der Waals surface area contributed by atoms with Crippen LogP contribution in [-0.2, 0) is 13.0 Å². The number of benzene rings is 2. The fourth-order valence-corrected chi connectivity index (χ4v) is 2.90. The van der Waals surface area contributed by atoms with Crippen LogP contribution >= 0.6 is 11.3 Å². The molecule has 0 aliphatic rings. The molecule has 3 aromatic rings. The fourth-order valence-electron chi connectivity index (χ4n) is 2.08. The number of para-hydroxylation sites is 1. The van der Waals surface area contributed by atoms with E-state index in [0.29, 0.717) is 12.3 Å². The van der Waals surface area contributed by atoms with Gasteiger partial charge in [-0.25, -0.2) is 9.78 Å². The number of rotatable bonds is 5. The largest absolute Gasteiger partial charge is 0.412 e. The van der Waals surface area contributed by atoms with Crippen LogP contribution in [0.15, 0.2) is 66.0 Å². The van der Waals surface area contributed by atoms with Gasteiger partial charge >= 0.3 is 6.09 Å². The van der Waals surface area contributed by atoms with E-state index in [9.17, 15) is 4.79 Å². The highest BCUT2D eigenvalue weighted by Gasteiger charge is 2.07. The van der Waals surface area contributed by atoms with Gasteiger partial charge in [-0.1, -0.05) is 48.5 Å². The number of thiazole rings is 1. The second kappa shape index (κ2) is 7.56. The first-order valence-electron chi connectivity index (χ1n) is 7.27. The number of carbonyl (C=O) groups excluding carboxylic acids is 1. The van der Waals surface area contributed by atoms with Crippen LogP contribution < -0.4 is 10.1 Å². The quantitative estimate of drug-likeness (QED) is 0.771. The van der Waals surface area contributed by atoms with Crippen LogP contribution in [0.1, 0.15) is 16.3 Å². The van der Waals surface area contributed by atoms with Crippen molar-refractivity contribution in [3.8, 4) is 5.75 Å². The maximum atomic E-state index is 11.7. The maximum absolute atomic E-state index is 11.7. The third-order valence-corrected chi connectivity index (χ3v) is 4.06. The molecule has 1 N–H and O–H groups in total. The standard InChI is InChI=1S/C18H16N2O2S/c21-18(22-16-9-5-2-6-10-16)19-12-15-13-23-17(20-15)11-14-7-3-1-4-8-14/h1-10,13H,11-12H2,(H,19,21). The number of nitrogens with one attached hydrogen (secondary N) is 1. The molecular weight excluding hydrogens is 308 g/mol. The van der Waals surface area contributed by atoms with Gasteiger partial charge < -0.3 is 10.1 Å². The van der Waals surface area contributed by atoms with Crippen molar-refractivity contribution in [2.75, 3.05) is 0 Å². The predicted molar refractivity (Wildman–Crippen MR) is 90.7 cm³/mol. The molecule has 0 aliphatic carbocycles. The number of carbonyl (C=O) groups is 1. The molecule has 1 heterocycles. The molecule has 0 fully saturated rings. The zero-order chi connectivity index (χ0) is 15.9. The smallest absolute Gasteiger partial charge is 0.410 e. The molecule has 0 bridgehead atoms. The zero-order valence-corrected chi connectivity index (χ0v) is 13.3. The average molecular weight is 324 g/mol. The minimum absolute atomic E-state index is 0.358. The van der Waals surface area contributed by atoms with Crippen molar-refractivity contribution in [2.24, 2.45) is 0 Å². The summed E-state index contributed by atoms with van der Waals surface area (Å²) in [7, 11) is 0. The summed E-state index contributed by atoms with van der Waals surface area (Å²) in [6.45, 7) is 0.358.